The van der Waals surface area contributed by atoms with Gasteiger partial charge in [-0.05, 0) is 31.6 Å². The molecule has 2 nitrogen and oxygen atoms in total. The van der Waals surface area contributed by atoms with Gasteiger partial charge in [0.25, 0.3) is 0 Å². The number of unbranched alkanes of at least 4 members (excludes halogenated alkanes) is 25. The molecular weight excluding hydrogens is 512 g/mol. The summed E-state index contributed by atoms with van der Waals surface area (Å²) in [7, 11) is 0. The Morgan fingerprint density at radius 3 is 1.07 bits per heavy atom. The molecule has 0 saturated heterocycles. The Balaban J connectivity index is 3.72. The van der Waals surface area contributed by atoms with Crippen LogP contribution < -0.4 is 0 Å². The first-order valence-electron chi connectivity index (χ1n) is 19.3. The molecule has 0 aromatic heterocycles. The molecular formula is C40H78O2. The van der Waals surface area contributed by atoms with Crippen molar-refractivity contribution in [2.24, 2.45) is 11.8 Å². The van der Waals surface area contributed by atoms with Crippen LogP contribution in [0.4, 0.5) is 0 Å². The van der Waals surface area contributed by atoms with Gasteiger partial charge in [0.1, 0.15) is 0 Å². The van der Waals surface area contributed by atoms with Crippen molar-refractivity contribution < 1.29 is 9.53 Å². The summed E-state index contributed by atoms with van der Waals surface area (Å²) in [5, 5.41) is 0. The number of esters is 1. The fourth-order valence-corrected chi connectivity index (χ4v) is 6.19. The molecule has 0 aromatic carbocycles. The van der Waals surface area contributed by atoms with E-state index >= 15 is 0 Å². The molecule has 0 heterocycles. The smallest absolute Gasteiger partial charge is 0.333 e. The third-order valence-corrected chi connectivity index (χ3v) is 9.16. The van der Waals surface area contributed by atoms with Gasteiger partial charge >= 0.3 is 5.97 Å². The zero-order chi connectivity index (χ0) is 30.9. The maximum atomic E-state index is 11.9. The molecule has 0 N–H and O–H groups in total. The highest BCUT2D eigenvalue weighted by Gasteiger charge is 2.12. The van der Waals surface area contributed by atoms with Crippen molar-refractivity contribution in [2.75, 3.05) is 6.61 Å². The van der Waals surface area contributed by atoms with E-state index in [9.17, 15) is 4.79 Å². The Morgan fingerprint density at radius 2 is 0.786 bits per heavy atom. The summed E-state index contributed by atoms with van der Waals surface area (Å²) in [6.45, 7) is 13.0. The van der Waals surface area contributed by atoms with Crippen LogP contribution in [0.1, 0.15) is 220 Å². The van der Waals surface area contributed by atoms with Gasteiger partial charge in [-0.15, -0.1) is 0 Å². The quantitative estimate of drug-likeness (QED) is 0.0423. The fourth-order valence-electron chi connectivity index (χ4n) is 6.19. The SMILES string of the molecule is C=C(C)C(=O)OCC(CCCCCCCCCCCCCCCCCCCC)CCCCCCCCCCCC(C)C. The van der Waals surface area contributed by atoms with Gasteiger partial charge in [-0.1, -0.05) is 207 Å². The van der Waals surface area contributed by atoms with Gasteiger partial charge in [0.15, 0.2) is 0 Å². The lowest BCUT2D eigenvalue weighted by atomic mass is 9.94. The van der Waals surface area contributed by atoms with Crippen LogP contribution in [0.15, 0.2) is 12.2 Å². The van der Waals surface area contributed by atoms with E-state index < -0.39 is 0 Å². The predicted octanol–water partition coefficient (Wildman–Crippen LogP) is 14.1. The highest BCUT2D eigenvalue weighted by Crippen LogP contribution is 2.21. The molecule has 0 aromatic rings. The van der Waals surface area contributed by atoms with Crippen LogP contribution in [-0.4, -0.2) is 12.6 Å². The minimum Gasteiger partial charge on any atom is -0.462 e. The second-order valence-corrected chi connectivity index (χ2v) is 14.2. The number of hydrogen-bond acceptors (Lipinski definition) is 2. The minimum absolute atomic E-state index is 0.216. The molecule has 0 bridgehead atoms. The lowest BCUT2D eigenvalue weighted by molar-refractivity contribution is -0.140. The Bertz CT molecular complexity index is 566. The zero-order valence-corrected chi connectivity index (χ0v) is 29.6. The molecule has 0 radical (unpaired) electrons. The molecule has 0 fully saturated rings. The third kappa shape index (κ3) is 32.1. The zero-order valence-electron chi connectivity index (χ0n) is 29.6. The Morgan fingerprint density at radius 1 is 0.500 bits per heavy atom. The van der Waals surface area contributed by atoms with Crippen LogP contribution in [0.5, 0.6) is 0 Å². The Hall–Kier alpha value is -0.790. The summed E-state index contributed by atoms with van der Waals surface area (Å²) in [5.41, 5.74) is 0.520. The summed E-state index contributed by atoms with van der Waals surface area (Å²) < 4.78 is 5.57. The van der Waals surface area contributed by atoms with Crippen molar-refractivity contribution in [1.29, 1.82) is 0 Å². The van der Waals surface area contributed by atoms with E-state index in [4.69, 9.17) is 4.74 Å². The molecule has 2 heteroatoms. The van der Waals surface area contributed by atoms with Gasteiger partial charge in [-0.2, -0.15) is 0 Å². The lowest BCUT2D eigenvalue weighted by Crippen LogP contribution is -2.15. The maximum absolute atomic E-state index is 11.9. The van der Waals surface area contributed by atoms with Gasteiger partial charge in [-0.3, -0.25) is 0 Å². The maximum Gasteiger partial charge on any atom is 0.333 e. The molecule has 0 spiro atoms. The number of hydrogen-bond donors (Lipinski definition) is 0. The van der Waals surface area contributed by atoms with E-state index in [1.165, 1.54) is 193 Å². The molecule has 0 rings (SSSR count). The summed E-state index contributed by atoms with van der Waals surface area (Å²) in [6, 6.07) is 0. The van der Waals surface area contributed by atoms with Crippen molar-refractivity contribution in [1.82, 2.24) is 0 Å². The van der Waals surface area contributed by atoms with E-state index in [-0.39, 0.29) is 5.97 Å². The van der Waals surface area contributed by atoms with Gasteiger partial charge in [0.2, 0.25) is 0 Å². The van der Waals surface area contributed by atoms with Crippen molar-refractivity contribution in [3.05, 3.63) is 12.2 Å². The summed E-state index contributed by atoms with van der Waals surface area (Å²) in [6.07, 6.45) is 41.8. The van der Waals surface area contributed by atoms with E-state index in [1.807, 2.05) is 0 Å². The van der Waals surface area contributed by atoms with E-state index in [0.29, 0.717) is 18.1 Å². The Kier molecular flexibility index (Phi) is 32.5. The average Bonchev–Trinajstić information content (AvgIpc) is 2.97. The normalized spacial score (nSPS) is 12.2. The number of ether oxygens (including phenoxy) is 1. The van der Waals surface area contributed by atoms with E-state index in [1.54, 1.807) is 6.92 Å². The number of carbonyl (C=O) groups excluding carboxylic acids is 1. The van der Waals surface area contributed by atoms with Crippen molar-refractivity contribution in [2.45, 2.75) is 220 Å². The molecule has 1 unspecified atom stereocenters. The summed E-state index contributed by atoms with van der Waals surface area (Å²) in [5.74, 6) is 1.17. The van der Waals surface area contributed by atoms with Crippen LogP contribution in [0.2, 0.25) is 0 Å². The first-order chi connectivity index (χ1) is 20.5. The molecule has 0 aliphatic carbocycles. The standard InChI is InChI=1S/C40H78O2/c1-6-7-8-9-10-11-12-13-14-15-16-17-18-19-22-25-28-31-34-39(36-42-40(41)38(4)5)35-32-29-26-23-20-21-24-27-30-33-37(2)3/h37,39H,4,6-36H2,1-3,5H3. The number of rotatable bonds is 34. The van der Waals surface area contributed by atoms with Crippen molar-refractivity contribution >= 4 is 5.97 Å². The molecule has 0 aliphatic rings. The molecule has 0 aliphatic heterocycles. The highest BCUT2D eigenvalue weighted by molar-refractivity contribution is 5.86. The molecule has 0 saturated carbocycles. The number of carbonyl (C=O) groups is 1. The monoisotopic (exact) mass is 591 g/mol. The van der Waals surface area contributed by atoms with Gasteiger partial charge in [0.05, 0.1) is 6.61 Å². The van der Waals surface area contributed by atoms with E-state index in [2.05, 4.69) is 27.4 Å². The van der Waals surface area contributed by atoms with Crippen LogP contribution >= 0.6 is 0 Å². The largest absolute Gasteiger partial charge is 0.462 e. The average molecular weight is 591 g/mol. The van der Waals surface area contributed by atoms with Crippen LogP contribution in [0.25, 0.3) is 0 Å². The van der Waals surface area contributed by atoms with Crippen LogP contribution in [-0.2, 0) is 9.53 Å². The van der Waals surface area contributed by atoms with Crippen molar-refractivity contribution in [3.8, 4) is 0 Å². The highest BCUT2D eigenvalue weighted by atomic mass is 16.5. The van der Waals surface area contributed by atoms with Crippen molar-refractivity contribution in [3.63, 3.8) is 0 Å². The fraction of sp³-hybridized carbons (Fsp3) is 0.925. The first kappa shape index (κ1) is 41.2. The lowest BCUT2D eigenvalue weighted by Gasteiger charge is -2.17. The molecule has 1 atom stereocenters. The van der Waals surface area contributed by atoms with Crippen LogP contribution in [0.3, 0.4) is 0 Å². The third-order valence-electron chi connectivity index (χ3n) is 9.16. The summed E-state index contributed by atoms with van der Waals surface area (Å²) in [4.78, 5) is 11.9. The minimum atomic E-state index is -0.216. The second-order valence-electron chi connectivity index (χ2n) is 14.2. The van der Waals surface area contributed by atoms with E-state index in [0.717, 1.165) is 5.92 Å². The van der Waals surface area contributed by atoms with Gasteiger partial charge in [-0.25, -0.2) is 4.79 Å². The summed E-state index contributed by atoms with van der Waals surface area (Å²) >= 11 is 0. The second kappa shape index (κ2) is 33.1. The Labute approximate surface area is 266 Å². The van der Waals surface area contributed by atoms with Gasteiger partial charge < -0.3 is 4.74 Å². The van der Waals surface area contributed by atoms with Crippen LogP contribution in [0, 0.1) is 11.8 Å². The molecule has 250 valence electrons. The molecule has 0 amide bonds. The first-order valence-corrected chi connectivity index (χ1v) is 19.3. The predicted molar refractivity (Wildman–Crippen MR) is 188 cm³/mol. The topological polar surface area (TPSA) is 26.3 Å². The molecule has 42 heavy (non-hydrogen) atoms. The van der Waals surface area contributed by atoms with Gasteiger partial charge in [0, 0.05) is 5.57 Å².